The monoisotopic (exact) mass is 326 g/mol. The highest BCUT2D eigenvalue weighted by Gasteiger charge is 2.26. The summed E-state index contributed by atoms with van der Waals surface area (Å²) in [5, 5.41) is -0.0179. The van der Waals surface area contributed by atoms with Crippen LogP contribution in [-0.4, -0.2) is 30.8 Å². The number of aromatic nitrogens is 1. The number of pyridine rings is 1. The van der Waals surface area contributed by atoms with Crippen molar-refractivity contribution in [3.05, 3.63) is 21.9 Å². The van der Waals surface area contributed by atoms with E-state index in [-0.39, 0.29) is 16.1 Å². The standard InChI is InChI=1S/C9H12BrClN2O2S/c1-6(2)13(3)16(14,15)8-4-7(10)5-12-9(8)11/h4-6H,1-3H3. The van der Waals surface area contributed by atoms with Gasteiger partial charge in [0.15, 0.2) is 0 Å². The first-order chi connectivity index (χ1) is 7.26. The molecule has 0 amide bonds. The van der Waals surface area contributed by atoms with Gasteiger partial charge in [-0.1, -0.05) is 11.6 Å². The molecule has 4 nitrogen and oxygen atoms in total. The zero-order valence-electron chi connectivity index (χ0n) is 9.11. The lowest BCUT2D eigenvalue weighted by molar-refractivity contribution is 0.410. The highest BCUT2D eigenvalue weighted by Crippen LogP contribution is 2.25. The number of nitrogens with zero attached hydrogens (tertiary/aromatic N) is 2. The van der Waals surface area contributed by atoms with Crippen molar-refractivity contribution in [1.82, 2.24) is 9.29 Å². The summed E-state index contributed by atoms with van der Waals surface area (Å²) < 4.78 is 26.1. The van der Waals surface area contributed by atoms with Crippen LogP contribution in [0.15, 0.2) is 21.6 Å². The lowest BCUT2D eigenvalue weighted by atomic mass is 10.4. The molecule has 90 valence electrons. The van der Waals surface area contributed by atoms with Crippen LogP contribution in [0.25, 0.3) is 0 Å². The van der Waals surface area contributed by atoms with E-state index in [1.165, 1.54) is 23.6 Å². The second-order valence-electron chi connectivity index (χ2n) is 3.56. The zero-order valence-corrected chi connectivity index (χ0v) is 12.3. The summed E-state index contributed by atoms with van der Waals surface area (Å²) in [6.45, 7) is 3.58. The summed E-state index contributed by atoms with van der Waals surface area (Å²) in [7, 11) is -2.07. The van der Waals surface area contributed by atoms with Crippen LogP contribution in [-0.2, 0) is 10.0 Å². The highest BCUT2D eigenvalue weighted by molar-refractivity contribution is 9.10. The van der Waals surface area contributed by atoms with Crippen LogP contribution in [0, 0.1) is 0 Å². The molecular weight excluding hydrogens is 316 g/mol. The molecule has 0 aliphatic carbocycles. The summed E-state index contributed by atoms with van der Waals surface area (Å²) in [6, 6.07) is 1.31. The van der Waals surface area contributed by atoms with Gasteiger partial charge >= 0.3 is 0 Å². The predicted molar refractivity (Wildman–Crippen MR) is 67.0 cm³/mol. The van der Waals surface area contributed by atoms with Crippen LogP contribution in [0.5, 0.6) is 0 Å². The van der Waals surface area contributed by atoms with Gasteiger partial charge in [0.2, 0.25) is 10.0 Å². The van der Waals surface area contributed by atoms with E-state index < -0.39 is 10.0 Å². The Balaban J connectivity index is 3.32. The average molecular weight is 328 g/mol. The third-order valence-electron chi connectivity index (χ3n) is 2.16. The molecule has 0 aliphatic rings. The first kappa shape index (κ1) is 13.9. The van der Waals surface area contributed by atoms with Crippen LogP contribution in [0.2, 0.25) is 5.15 Å². The summed E-state index contributed by atoms with van der Waals surface area (Å²) in [6.07, 6.45) is 1.46. The Hall–Kier alpha value is -0.170. The van der Waals surface area contributed by atoms with Crippen molar-refractivity contribution in [1.29, 1.82) is 0 Å². The normalized spacial score (nSPS) is 12.4. The fraction of sp³-hybridized carbons (Fsp3) is 0.444. The van der Waals surface area contributed by atoms with E-state index >= 15 is 0 Å². The third-order valence-corrected chi connectivity index (χ3v) is 5.05. The second kappa shape index (κ2) is 5.00. The van der Waals surface area contributed by atoms with Gasteiger partial charge in [-0.25, -0.2) is 13.4 Å². The quantitative estimate of drug-likeness (QED) is 0.802. The molecule has 16 heavy (non-hydrogen) atoms. The van der Waals surface area contributed by atoms with E-state index in [9.17, 15) is 8.42 Å². The molecule has 0 aromatic carbocycles. The molecule has 1 rings (SSSR count). The minimum Gasteiger partial charge on any atom is -0.242 e. The van der Waals surface area contributed by atoms with Crippen LogP contribution >= 0.6 is 27.5 Å². The molecule has 1 aromatic heterocycles. The topological polar surface area (TPSA) is 50.3 Å². The average Bonchev–Trinajstić information content (AvgIpc) is 2.20. The smallest absolute Gasteiger partial charge is 0.242 e. The maximum Gasteiger partial charge on any atom is 0.246 e. The van der Waals surface area contributed by atoms with E-state index in [2.05, 4.69) is 20.9 Å². The van der Waals surface area contributed by atoms with Gasteiger partial charge in [-0.2, -0.15) is 4.31 Å². The lowest BCUT2D eigenvalue weighted by Crippen LogP contribution is -2.33. The molecule has 0 saturated heterocycles. The highest BCUT2D eigenvalue weighted by atomic mass is 79.9. The van der Waals surface area contributed by atoms with Crippen molar-refractivity contribution < 1.29 is 8.42 Å². The summed E-state index contributed by atoms with van der Waals surface area (Å²) >= 11 is 8.96. The Morgan fingerprint density at radius 2 is 2.06 bits per heavy atom. The van der Waals surface area contributed by atoms with Gasteiger partial charge in [-0.05, 0) is 35.8 Å². The third kappa shape index (κ3) is 2.74. The molecule has 1 heterocycles. The number of rotatable bonds is 3. The Bertz CT molecular complexity index is 490. The summed E-state index contributed by atoms with van der Waals surface area (Å²) in [4.78, 5) is 3.81. The largest absolute Gasteiger partial charge is 0.246 e. The van der Waals surface area contributed by atoms with Gasteiger partial charge in [-0.15, -0.1) is 0 Å². The maximum atomic E-state index is 12.1. The molecule has 0 N–H and O–H groups in total. The minimum absolute atomic E-state index is 0.0136. The number of hydrogen-bond acceptors (Lipinski definition) is 3. The molecule has 0 unspecified atom stereocenters. The Kier molecular flexibility index (Phi) is 4.34. The molecule has 0 bridgehead atoms. The van der Waals surface area contributed by atoms with Crippen molar-refractivity contribution in [3.63, 3.8) is 0 Å². The second-order valence-corrected chi connectivity index (χ2v) is 6.80. The van der Waals surface area contributed by atoms with E-state index in [1.807, 2.05) is 0 Å². The van der Waals surface area contributed by atoms with E-state index in [1.54, 1.807) is 13.8 Å². The lowest BCUT2D eigenvalue weighted by Gasteiger charge is -2.21. The van der Waals surface area contributed by atoms with Crippen LogP contribution < -0.4 is 0 Å². The van der Waals surface area contributed by atoms with E-state index in [0.717, 1.165) is 0 Å². The predicted octanol–water partition coefficient (Wildman–Crippen LogP) is 2.53. The van der Waals surface area contributed by atoms with Gasteiger partial charge in [0.25, 0.3) is 0 Å². The van der Waals surface area contributed by atoms with Gasteiger partial charge in [0.05, 0.1) is 0 Å². The molecule has 0 radical (unpaired) electrons. The van der Waals surface area contributed by atoms with Crippen molar-refractivity contribution >= 4 is 37.6 Å². The first-order valence-electron chi connectivity index (χ1n) is 4.56. The molecular formula is C9H12BrClN2O2S. The molecule has 1 aromatic rings. The SMILES string of the molecule is CC(C)N(C)S(=O)(=O)c1cc(Br)cnc1Cl. The summed E-state index contributed by atoms with van der Waals surface area (Å²) in [5.74, 6) is 0. The number of hydrogen-bond donors (Lipinski definition) is 0. The van der Waals surface area contributed by atoms with Crippen LogP contribution in [0.3, 0.4) is 0 Å². The maximum absolute atomic E-state index is 12.1. The minimum atomic E-state index is -3.58. The van der Waals surface area contributed by atoms with E-state index in [0.29, 0.717) is 4.47 Å². The van der Waals surface area contributed by atoms with Gasteiger partial charge in [0, 0.05) is 23.8 Å². The first-order valence-corrected chi connectivity index (χ1v) is 7.17. The summed E-state index contributed by atoms with van der Waals surface area (Å²) in [5.41, 5.74) is 0. The van der Waals surface area contributed by atoms with Crippen molar-refractivity contribution in [2.75, 3.05) is 7.05 Å². The van der Waals surface area contributed by atoms with E-state index in [4.69, 9.17) is 11.6 Å². The van der Waals surface area contributed by atoms with Gasteiger partial charge in [-0.3, -0.25) is 0 Å². The number of halogens is 2. The molecule has 0 fully saturated rings. The van der Waals surface area contributed by atoms with Gasteiger partial charge < -0.3 is 0 Å². The van der Waals surface area contributed by atoms with Crippen molar-refractivity contribution in [3.8, 4) is 0 Å². The number of sulfonamides is 1. The Labute approximate surface area is 109 Å². The van der Waals surface area contributed by atoms with Crippen molar-refractivity contribution in [2.24, 2.45) is 0 Å². The molecule has 0 spiro atoms. The Morgan fingerprint density at radius 1 is 1.50 bits per heavy atom. The van der Waals surface area contributed by atoms with Crippen LogP contribution in [0.1, 0.15) is 13.8 Å². The fourth-order valence-corrected chi connectivity index (χ4v) is 3.30. The zero-order chi connectivity index (χ0) is 12.5. The molecule has 0 atom stereocenters. The van der Waals surface area contributed by atoms with Gasteiger partial charge in [0.1, 0.15) is 10.0 Å². The molecule has 7 heteroatoms. The fourth-order valence-electron chi connectivity index (χ4n) is 1.02. The molecule has 0 saturated carbocycles. The van der Waals surface area contributed by atoms with Crippen molar-refractivity contribution in [2.45, 2.75) is 24.8 Å². The molecule has 0 aliphatic heterocycles. The van der Waals surface area contributed by atoms with Crippen LogP contribution in [0.4, 0.5) is 0 Å². The Morgan fingerprint density at radius 3 is 2.56 bits per heavy atom.